The van der Waals surface area contributed by atoms with Crippen LogP contribution >= 0.6 is 7.37 Å². The van der Waals surface area contributed by atoms with Gasteiger partial charge in [-0.05, 0) is 56.3 Å². The number of carbonyl (C=O) groups excluding carboxylic acids is 3. The highest BCUT2D eigenvalue weighted by Crippen LogP contribution is 2.47. The number of amides is 1. The van der Waals surface area contributed by atoms with E-state index in [0.29, 0.717) is 31.4 Å². The Bertz CT molecular complexity index is 993. The predicted octanol–water partition coefficient (Wildman–Crippen LogP) is 2.86. The molecule has 1 saturated heterocycles. The summed E-state index contributed by atoms with van der Waals surface area (Å²) in [6, 6.07) is 17.4. The quantitative estimate of drug-likeness (QED) is 0.276. The summed E-state index contributed by atoms with van der Waals surface area (Å²) in [7, 11) is -4.22. The number of rotatable bonds is 10. The van der Waals surface area contributed by atoms with Crippen LogP contribution in [0.4, 0.5) is 0 Å². The maximum absolute atomic E-state index is 13.1. The average Bonchev–Trinajstić information content (AvgIpc) is 3.34. The van der Waals surface area contributed by atoms with Gasteiger partial charge < -0.3 is 20.3 Å². The van der Waals surface area contributed by atoms with Gasteiger partial charge in [0, 0.05) is 5.56 Å². The lowest BCUT2D eigenvalue weighted by Crippen LogP contribution is -2.38. The molecule has 1 amide bonds. The van der Waals surface area contributed by atoms with Gasteiger partial charge in [-0.1, -0.05) is 48.5 Å². The van der Waals surface area contributed by atoms with Gasteiger partial charge in [0.1, 0.15) is 18.0 Å². The van der Waals surface area contributed by atoms with E-state index < -0.39 is 43.2 Å². The van der Waals surface area contributed by atoms with Gasteiger partial charge in [-0.25, -0.2) is 4.79 Å². The van der Waals surface area contributed by atoms with Gasteiger partial charge >= 0.3 is 11.9 Å². The number of hydrogen-bond donors (Lipinski definition) is 3. The monoisotopic (exact) mass is 472 g/mol. The van der Waals surface area contributed by atoms with Crippen LogP contribution in [0.25, 0.3) is 0 Å². The fraction of sp³-hybridized carbons (Fsp3) is 0.375. The third-order valence-electron chi connectivity index (χ3n) is 5.52. The number of ether oxygens (including phenoxy) is 1. The van der Waals surface area contributed by atoms with E-state index in [-0.39, 0.29) is 6.42 Å². The lowest BCUT2D eigenvalue weighted by molar-refractivity contribution is -0.159. The molecule has 0 saturated carbocycles. The van der Waals surface area contributed by atoms with Crippen LogP contribution < -0.4 is 10.6 Å². The van der Waals surface area contributed by atoms with Gasteiger partial charge in [-0.3, -0.25) is 14.2 Å². The molecule has 3 rings (SSSR count). The zero-order valence-corrected chi connectivity index (χ0v) is 19.2. The van der Waals surface area contributed by atoms with E-state index in [1.807, 2.05) is 30.3 Å². The van der Waals surface area contributed by atoms with E-state index in [9.17, 15) is 23.8 Å². The molecule has 2 aromatic carbocycles. The molecule has 2 unspecified atom stereocenters. The van der Waals surface area contributed by atoms with Gasteiger partial charge in [0.25, 0.3) is 5.91 Å². The summed E-state index contributed by atoms with van der Waals surface area (Å²) in [5, 5.41) is 5.54. The maximum atomic E-state index is 13.1. The molecule has 33 heavy (non-hydrogen) atoms. The molecule has 8 nitrogen and oxygen atoms in total. The van der Waals surface area contributed by atoms with Crippen molar-refractivity contribution in [3.63, 3.8) is 0 Å². The van der Waals surface area contributed by atoms with E-state index >= 15 is 0 Å². The highest BCUT2D eigenvalue weighted by molar-refractivity contribution is 7.59. The van der Waals surface area contributed by atoms with Gasteiger partial charge in [0.2, 0.25) is 7.37 Å². The maximum Gasteiger partial charge on any atom is 0.330 e. The third-order valence-corrected chi connectivity index (χ3v) is 7.59. The molecule has 2 aromatic rings. The number of aryl methyl sites for hydroxylation is 1. The van der Waals surface area contributed by atoms with Gasteiger partial charge in [0.15, 0.2) is 0 Å². The second kappa shape index (κ2) is 11.9. The van der Waals surface area contributed by atoms with Crippen LogP contribution in [-0.4, -0.2) is 47.3 Å². The first kappa shape index (κ1) is 24.8. The van der Waals surface area contributed by atoms with Crippen LogP contribution in [0.1, 0.15) is 41.6 Å². The second-order valence-corrected chi connectivity index (χ2v) is 10.5. The standard InChI is InChI=1S/C24H29N2O6P/c27-22(32-24(29)20-14-8-16-25-20)17-33(30,31)21(15-7-11-18-9-3-1-4-10-18)26-23(28)19-12-5-2-6-13-19/h1-6,9-10,12-13,20-21,25H,7-8,11,14-17H2,(H,26,28)(H,30,31)/t20-,21?/m0/s1. The summed E-state index contributed by atoms with van der Waals surface area (Å²) >= 11 is 0. The number of benzene rings is 2. The summed E-state index contributed by atoms with van der Waals surface area (Å²) in [6.07, 6.45) is 1.85. The third kappa shape index (κ3) is 7.63. The number of esters is 2. The average molecular weight is 472 g/mol. The first-order valence-corrected chi connectivity index (χ1v) is 13.0. The van der Waals surface area contributed by atoms with Crippen molar-refractivity contribution >= 4 is 25.2 Å². The molecule has 0 bridgehead atoms. The van der Waals surface area contributed by atoms with Crippen LogP contribution in [0.2, 0.25) is 0 Å². The molecule has 176 valence electrons. The van der Waals surface area contributed by atoms with Crippen LogP contribution in [-0.2, 0) is 25.3 Å². The lowest BCUT2D eigenvalue weighted by Gasteiger charge is -2.24. The summed E-state index contributed by atoms with van der Waals surface area (Å²) in [5.41, 5.74) is 1.41. The molecule has 3 N–H and O–H groups in total. The van der Waals surface area contributed by atoms with Crippen molar-refractivity contribution in [1.29, 1.82) is 0 Å². The van der Waals surface area contributed by atoms with Gasteiger partial charge in [-0.2, -0.15) is 0 Å². The zero-order valence-electron chi connectivity index (χ0n) is 18.3. The number of hydrogen-bond acceptors (Lipinski definition) is 6. The molecule has 0 radical (unpaired) electrons. The normalized spacial score (nSPS) is 18.2. The largest absolute Gasteiger partial charge is 0.392 e. The molecular weight excluding hydrogens is 443 g/mol. The van der Waals surface area contributed by atoms with Crippen LogP contribution in [0.5, 0.6) is 0 Å². The topological polar surface area (TPSA) is 122 Å². The highest BCUT2D eigenvalue weighted by atomic mass is 31.2. The van der Waals surface area contributed by atoms with Crippen LogP contribution in [0.3, 0.4) is 0 Å². The van der Waals surface area contributed by atoms with Crippen molar-refractivity contribution in [1.82, 2.24) is 10.6 Å². The van der Waals surface area contributed by atoms with Crippen LogP contribution in [0.15, 0.2) is 60.7 Å². The van der Waals surface area contributed by atoms with Crippen molar-refractivity contribution in [2.45, 2.75) is 43.9 Å². The molecule has 1 fully saturated rings. The highest BCUT2D eigenvalue weighted by Gasteiger charge is 2.36. The van der Waals surface area contributed by atoms with Crippen molar-refractivity contribution in [3.8, 4) is 0 Å². The molecule has 0 aromatic heterocycles. The zero-order chi connectivity index (χ0) is 23.7. The Morgan fingerprint density at radius 2 is 1.76 bits per heavy atom. The first-order chi connectivity index (χ1) is 15.8. The molecule has 9 heteroatoms. The molecule has 0 spiro atoms. The van der Waals surface area contributed by atoms with Crippen molar-refractivity contribution in [3.05, 3.63) is 71.8 Å². The SMILES string of the molecule is O=C(CP(=O)(O)C(CCCc1ccccc1)NC(=O)c1ccccc1)OC(=O)[C@@H]1CCCN1. The minimum Gasteiger partial charge on any atom is -0.392 e. The van der Waals surface area contributed by atoms with Crippen molar-refractivity contribution in [2.24, 2.45) is 0 Å². The first-order valence-electron chi connectivity index (χ1n) is 11.0. The summed E-state index contributed by atoms with van der Waals surface area (Å²) in [5.74, 6) is -3.47. The molecule has 1 aliphatic rings. The fourth-order valence-corrected chi connectivity index (χ4v) is 5.30. The summed E-state index contributed by atoms with van der Waals surface area (Å²) in [6.45, 7) is 0.654. The number of nitrogens with one attached hydrogen (secondary N) is 2. The van der Waals surface area contributed by atoms with E-state index in [2.05, 4.69) is 10.6 Å². The minimum atomic E-state index is -4.22. The Morgan fingerprint density at radius 3 is 2.39 bits per heavy atom. The minimum absolute atomic E-state index is 0.187. The molecule has 0 aliphatic carbocycles. The van der Waals surface area contributed by atoms with Crippen LogP contribution in [0, 0.1) is 0 Å². The van der Waals surface area contributed by atoms with Gasteiger partial charge in [0.05, 0.1) is 0 Å². The van der Waals surface area contributed by atoms with E-state index in [1.54, 1.807) is 30.3 Å². The van der Waals surface area contributed by atoms with E-state index in [0.717, 1.165) is 12.0 Å². The lowest BCUT2D eigenvalue weighted by atomic mass is 10.1. The molecule has 1 heterocycles. The Morgan fingerprint density at radius 1 is 1.09 bits per heavy atom. The Hall–Kier alpha value is -2.80. The van der Waals surface area contributed by atoms with E-state index in [1.165, 1.54) is 0 Å². The van der Waals surface area contributed by atoms with Crippen molar-refractivity contribution < 1.29 is 28.6 Å². The Labute approximate surface area is 193 Å². The number of carbonyl (C=O) groups is 3. The Kier molecular flexibility index (Phi) is 8.95. The predicted molar refractivity (Wildman–Crippen MR) is 124 cm³/mol. The fourth-order valence-electron chi connectivity index (χ4n) is 3.74. The summed E-state index contributed by atoms with van der Waals surface area (Å²) < 4.78 is 17.9. The Balaban J connectivity index is 1.65. The molecule has 1 aliphatic heterocycles. The van der Waals surface area contributed by atoms with Crippen molar-refractivity contribution in [2.75, 3.05) is 12.7 Å². The molecular formula is C24H29N2O6P. The summed E-state index contributed by atoms with van der Waals surface area (Å²) in [4.78, 5) is 47.7. The smallest absolute Gasteiger partial charge is 0.330 e. The molecule has 3 atom stereocenters. The second-order valence-electron chi connectivity index (χ2n) is 8.09. The van der Waals surface area contributed by atoms with E-state index in [4.69, 9.17) is 4.74 Å². The van der Waals surface area contributed by atoms with Gasteiger partial charge in [-0.15, -0.1) is 0 Å².